The van der Waals surface area contributed by atoms with Gasteiger partial charge < -0.3 is 4.90 Å². The van der Waals surface area contributed by atoms with Crippen molar-refractivity contribution in [2.45, 2.75) is 31.7 Å². The molecule has 1 atom stereocenters. The molecule has 1 unspecified atom stereocenters. The molecule has 0 N–H and O–H groups in total. The van der Waals surface area contributed by atoms with Gasteiger partial charge in [0, 0.05) is 30.3 Å². The Bertz CT molecular complexity index is 524. The first kappa shape index (κ1) is 12.0. The van der Waals surface area contributed by atoms with Crippen LogP contribution in [0.3, 0.4) is 0 Å². The lowest BCUT2D eigenvalue weighted by molar-refractivity contribution is 0.621. The van der Waals surface area contributed by atoms with Crippen molar-refractivity contribution in [3.8, 4) is 0 Å². The Kier molecular flexibility index (Phi) is 3.50. The van der Waals surface area contributed by atoms with E-state index in [-0.39, 0.29) is 0 Å². The molecule has 2 aromatic heterocycles. The Balaban J connectivity index is 2.02. The second-order valence-corrected chi connectivity index (χ2v) is 5.41. The minimum atomic E-state index is 0.543. The van der Waals surface area contributed by atoms with Crippen molar-refractivity contribution in [3.63, 3.8) is 0 Å². The maximum Gasteiger partial charge on any atom is 0.154 e. The van der Waals surface area contributed by atoms with E-state index in [1.54, 1.807) is 0 Å². The molecule has 1 aliphatic rings. The fourth-order valence-electron chi connectivity index (χ4n) is 2.68. The topological polar surface area (TPSA) is 33.4 Å². The molecule has 0 saturated carbocycles. The second kappa shape index (κ2) is 5.26. The SMILES string of the molecule is BrCC1CCCCCN1c1nccn2nccc12. The summed E-state index contributed by atoms with van der Waals surface area (Å²) < 4.78 is 1.90. The van der Waals surface area contributed by atoms with Gasteiger partial charge in [0.2, 0.25) is 0 Å². The quantitative estimate of drug-likeness (QED) is 0.800. The van der Waals surface area contributed by atoms with Gasteiger partial charge in [0.1, 0.15) is 5.52 Å². The van der Waals surface area contributed by atoms with Gasteiger partial charge in [-0.1, -0.05) is 28.8 Å². The first-order valence-electron chi connectivity index (χ1n) is 6.51. The van der Waals surface area contributed by atoms with Crippen LogP contribution in [0, 0.1) is 0 Å². The maximum absolute atomic E-state index is 4.59. The number of fused-ring (bicyclic) bond motifs is 1. The normalized spacial score (nSPS) is 21.2. The number of hydrogen-bond donors (Lipinski definition) is 0. The number of hydrogen-bond acceptors (Lipinski definition) is 3. The molecule has 0 amide bonds. The Morgan fingerprint density at radius 1 is 1.28 bits per heavy atom. The molecule has 18 heavy (non-hydrogen) atoms. The highest BCUT2D eigenvalue weighted by molar-refractivity contribution is 9.09. The molecule has 3 rings (SSSR count). The predicted molar refractivity (Wildman–Crippen MR) is 76.4 cm³/mol. The molecule has 1 aliphatic heterocycles. The third kappa shape index (κ3) is 2.11. The van der Waals surface area contributed by atoms with Crippen LogP contribution in [0.2, 0.25) is 0 Å². The Labute approximate surface area is 115 Å². The molecule has 4 nitrogen and oxygen atoms in total. The van der Waals surface area contributed by atoms with E-state index >= 15 is 0 Å². The van der Waals surface area contributed by atoms with Gasteiger partial charge in [-0.25, -0.2) is 9.50 Å². The smallest absolute Gasteiger partial charge is 0.154 e. The van der Waals surface area contributed by atoms with Gasteiger partial charge in [0.15, 0.2) is 5.82 Å². The van der Waals surface area contributed by atoms with Crippen LogP contribution < -0.4 is 4.90 Å². The first-order valence-corrected chi connectivity index (χ1v) is 7.63. The monoisotopic (exact) mass is 308 g/mol. The van der Waals surface area contributed by atoms with E-state index in [0.29, 0.717) is 6.04 Å². The third-order valence-corrected chi connectivity index (χ3v) is 4.38. The molecule has 3 heterocycles. The van der Waals surface area contributed by atoms with Gasteiger partial charge in [-0.3, -0.25) is 0 Å². The summed E-state index contributed by atoms with van der Waals surface area (Å²) in [6.07, 6.45) is 10.7. The molecule has 0 aliphatic carbocycles. The average molecular weight is 309 g/mol. The van der Waals surface area contributed by atoms with E-state index in [1.807, 2.05) is 29.2 Å². The molecule has 1 fully saturated rings. The number of nitrogens with zero attached hydrogens (tertiary/aromatic N) is 4. The fourth-order valence-corrected chi connectivity index (χ4v) is 3.35. The molecule has 1 saturated heterocycles. The van der Waals surface area contributed by atoms with Crippen molar-refractivity contribution in [2.75, 3.05) is 16.8 Å². The zero-order valence-electron chi connectivity index (χ0n) is 10.3. The van der Waals surface area contributed by atoms with Crippen molar-refractivity contribution in [1.82, 2.24) is 14.6 Å². The maximum atomic E-state index is 4.59. The fraction of sp³-hybridized carbons (Fsp3) is 0.538. The Morgan fingerprint density at radius 2 is 2.22 bits per heavy atom. The van der Waals surface area contributed by atoms with Crippen LogP contribution >= 0.6 is 15.9 Å². The van der Waals surface area contributed by atoms with Crippen LogP contribution in [0.15, 0.2) is 24.7 Å². The van der Waals surface area contributed by atoms with Gasteiger partial charge in [-0.2, -0.15) is 5.10 Å². The van der Waals surface area contributed by atoms with Crippen molar-refractivity contribution >= 4 is 27.3 Å². The number of anilines is 1. The van der Waals surface area contributed by atoms with Crippen LogP contribution in [-0.4, -0.2) is 32.5 Å². The lowest BCUT2D eigenvalue weighted by atomic mass is 10.1. The molecule has 96 valence electrons. The summed E-state index contributed by atoms with van der Waals surface area (Å²) in [7, 11) is 0. The Morgan fingerprint density at radius 3 is 3.11 bits per heavy atom. The molecule has 0 radical (unpaired) electrons. The highest BCUT2D eigenvalue weighted by atomic mass is 79.9. The van der Waals surface area contributed by atoms with E-state index < -0.39 is 0 Å². The molecule has 2 aromatic rings. The number of alkyl halides is 1. The van der Waals surface area contributed by atoms with Crippen molar-refractivity contribution in [1.29, 1.82) is 0 Å². The minimum absolute atomic E-state index is 0.543. The molecule has 0 spiro atoms. The molecule has 5 heteroatoms. The molecular weight excluding hydrogens is 292 g/mol. The summed E-state index contributed by atoms with van der Waals surface area (Å²) in [5.74, 6) is 1.07. The van der Waals surface area contributed by atoms with Gasteiger partial charge in [-0.05, 0) is 18.9 Å². The second-order valence-electron chi connectivity index (χ2n) is 4.76. The van der Waals surface area contributed by atoms with Crippen LogP contribution in [-0.2, 0) is 0 Å². The van der Waals surface area contributed by atoms with E-state index in [2.05, 4.69) is 30.9 Å². The summed E-state index contributed by atoms with van der Waals surface area (Å²) in [6.45, 7) is 1.09. The zero-order valence-corrected chi connectivity index (χ0v) is 11.9. The van der Waals surface area contributed by atoms with E-state index in [0.717, 1.165) is 23.2 Å². The average Bonchev–Trinajstić information content (AvgIpc) is 2.76. The van der Waals surface area contributed by atoms with E-state index in [4.69, 9.17) is 0 Å². The summed E-state index contributed by atoms with van der Waals surface area (Å²) in [5.41, 5.74) is 1.10. The standard InChI is InChI=1S/C13H17BrN4/c14-10-11-4-2-1-3-8-17(11)13-12-5-6-16-18(12)9-7-15-13/h5-7,9,11H,1-4,8,10H2. The van der Waals surface area contributed by atoms with Crippen molar-refractivity contribution < 1.29 is 0 Å². The van der Waals surface area contributed by atoms with Crippen molar-refractivity contribution in [3.05, 3.63) is 24.7 Å². The highest BCUT2D eigenvalue weighted by Gasteiger charge is 2.23. The summed E-state index contributed by atoms with van der Waals surface area (Å²) in [5, 5.41) is 5.29. The first-order chi connectivity index (χ1) is 8.90. The van der Waals surface area contributed by atoms with Crippen LogP contribution in [0.5, 0.6) is 0 Å². The zero-order chi connectivity index (χ0) is 12.4. The van der Waals surface area contributed by atoms with Gasteiger partial charge in [0.25, 0.3) is 0 Å². The molecular formula is C13H17BrN4. The van der Waals surface area contributed by atoms with Gasteiger partial charge in [-0.15, -0.1) is 0 Å². The van der Waals surface area contributed by atoms with Gasteiger partial charge >= 0.3 is 0 Å². The lowest BCUT2D eigenvalue weighted by Crippen LogP contribution is -2.37. The predicted octanol–water partition coefficient (Wildman–Crippen LogP) is 2.87. The highest BCUT2D eigenvalue weighted by Crippen LogP contribution is 2.26. The third-order valence-electron chi connectivity index (χ3n) is 3.63. The molecule has 0 aromatic carbocycles. The summed E-state index contributed by atoms with van der Waals surface area (Å²) in [4.78, 5) is 7.03. The van der Waals surface area contributed by atoms with E-state index in [1.165, 1.54) is 25.7 Å². The number of rotatable bonds is 2. The van der Waals surface area contributed by atoms with E-state index in [9.17, 15) is 0 Å². The molecule has 0 bridgehead atoms. The minimum Gasteiger partial charge on any atom is -0.351 e. The number of halogens is 1. The largest absolute Gasteiger partial charge is 0.351 e. The van der Waals surface area contributed by atoms with Crippen molar-refractivity contribution in [2.24, 2.45) is 0 Å². The lowest BCUT2D eigenvalue weighted by Gasteiger charge is -2.30. The van der Waals surface area contributed by atoms with Crippen LogP contribution in [0.4, 0.5) is 5.82 Å². The number of aromatic nitrogens is 3. The summed E-state index contributed by atoms with van der Waals surface area (Å²) in [6, 6.07) is 2.58. The van der Waals surface area contributed by atoms with Crippen LogP contribution in [0.25, 0.3) is 5.52 Å². The van der Waals surface area contributed by atoms with Crippen LogP contribution in [0.1, 0.15) is 25.7 Å². The Hall–Kier alpha value is -1.10. The summed E-state index contributed by atoms with van der Waals surface area (Å²) >= 11 is 3.65. The van der Waals surface area contributed by atoms with Gasteiger partial charge in [0.05, 0.1) is 6.20 Å².